The van der Waals surface area contributed by atoms with Crippen LogP contribution in [0.5, 0.6) is 5.75 Å². The third kappa shape index (κ3) is 4.02. The first-order valence-electron chi connectivity index (χ1n) is 7.37. The summed E-state index contributed by atoms with van der Waals surface area (Å²) in [6.45, 7) is 3.34. The van der Waals surface area contributed by atoms with E-state index in [9.17, 15) is 0 Å². The van der Waals surface area contributed by atoms with Gasteiger partial charge in [-0.25, -0.2) is 4.31 Å². The average molecular weight is 319 g/mol. The molecule has 0 N–H and O–H groups in total. The van der Waals surface area contributed by atoms with Crippen LogP contribution in [-0.4, -0.2) is 17.5 Å². The zero-order chi connectivity index (χ0) is 14.7. The van der Waals surface area contributed by atoms with Crippen LogP contribution in [0.1, 0.15) is 25.3 Å². The molecule has 4 heteroatoms. The third-order valence-corrected chi connectivity index (χ3v) is 6.14. The highest BCUT2D eigenvalue weighted by Gasteiger charge is 2.32. The Morgan fingerprint density at radius 1 is 1.29 bits per heavy atom. The molecule has 2 aromatic rings. The maximum atomic E-state index is 5.24. The van der Waals surface area contributed by atoms with Crippen molar-refractivity contribution in [1.82, 2.24) is 4.31 Å². The van der Waals surface area contributed by atoms with Gasteiger partial charge in [0.05, 0.1) is 11.3 Å². The second-order valence-electron chi connectivity index (χ2n) is 5.52. The van der Waals surface area contributed by atoms with Gasteiger partial charge >= 0.3 is 0 Å². The van der Waals surface area contributed by atoms with Crippen molar-refractivity contribution in [3.63, 3.8) is 0 Å². The highest BCUT2D eigenvalue weighted by Crippen LogP contribution is 2.40. The summed E-state index contributed by atoms with van der Waals surface area (Å²) in [7, 11) is 1.71. The zero-order valence-electron chi connectivity index (χ0n) is 12.5. The number of rotatable bonds is 7. The maximum Gasteiger partial charge on any atom is 0.118 e. The Bertz CT molecular complexity index is 549. The first-order valence-corrected chi connectivity index (χ1v) is 9.02. The van der Waals surface area contributed by atoms with Gasteiger partial charge in [0, 0.05) is 12.6 Å². The van der Waals surface area contributed by atoms with E-state index < -0.39 is 0 Å². The molecule has 0 saturated heterocycles. The molecule has 1 saturated carbocycles. The van der Waals surface area contributed by atoms with Crippen molar-refractivity contribution in [2.24, 2.45) is 5.92 Å². The highest BCUT2D eigenvalue weighted by atomic mass is 32.2. The summed E-state index contributed by atoms with van der Waals surface area (Å²) in [5, 5.41) is 2.15. The normalized spacial score (nSPS) is 16.1. The van der Waals surface area contributed by atoms with Crippen LogP contribution in [0.4, 0.5) is 0 Å². The molecule has 1 atom stereocenters. The van der Waals surface area contributed by atoms with Crippen molar-refractivity contribution in [3.05, 3.63) is 47.3 Å². The summed E-state index contributed by atoms with van der Waals surface area (Å²) in [5.74, 6) is 1.79. The van der Waals surface area contributed by atoms with Crippen molar-refractivity contribution in [2.45, 2.75) is 36.6 Å². The van der Waals surface area contributed by atoms with Gasteiger partial charge in [0.2, 0.25) is 0 Å². The molecule has 21 heavy (non-hydrogen) atoms. The van der Waals surface area contributed by atoms with Gasteiger partial charge in [-0.1, -0.05) is 18.2 Å². The molecule has 112 valence electrons. The minimum Gasteiger partial charge on any atom is -0.497 e. The molecule has 0 aliphatic heterocycles. The molecule has 2 nitrogen and oxygen atoms in total. The molecule has 1 unspecified atom stereocenters. The predicted octanol–water partition coefficient (Wildman–Crippen LogP) is 5.06. The van der Waals surface area contributed by atoms with Crippen LogP contribution in [0.2, 0.25) is 0 Å². The number of hydrogen-bond acceptors (Lipinski definition) is 4. The fourth-order valence-corrected chi connectivity index (χ4v) is 4.41. The van der Waals surface area contributed by atoms with Crippen LogP contribution in [-0.2, 0) is 6.54 Å². The Labute approximate surface area is 135 Å². The predicted molar refractivity (Wildman–Crippen MR) is 90.9 cm³/mol. The third-order valence-electron chi connectivity index (χ3n) is 3.96. The molecule has 0 bridgehead atoms. The first-order chi connectivity index (χ1) is 10.3. The molecule has 0 spiro atoms. The van der Waals surface area contributed by atoms with Crippen molar-refractivity contribution in [1.29, 1.82) is 0 Å². The van der Waals surface area contributed by atoms with E-state index in [4.69, 9.17) is 4.74 Å². The molecule has 1 aromatic heterocycles. The number of methoxy groups -OCH3 is 1. The zero-order valence-corrected chi connectivity index (χ0v) is 14.1. The van der Waals surface area contributed by atoms with E-state index in [2.05, 4.69) is 40.9 Å². The monoisotopic (exact) mass is 319 g/mol. The molecule has 1 fully saturated rings. The van der Waals surface area contributed by atoms with Gasteiger partial charge in [-0.2, -0.15) is 0 Å². The minimum absolute atomic E-state index is 0.624. The smallest absolute Gasteiger partial charge is 0.118 e. The van der Waals surface area contributed by atoms with Gasteiger partial charge in [0.1, 0.15) is 5.75 Å². The SMILES string of the molecule is COc1ccc(CN(Sc2cccs2)C(C)C2CC2)cc1. The minimum atomic E-state index is 0.624. The fourth-order valence-electron chi connectivity index (χ4n) is 2.42. The standard InChI is InChI=1S/C17H21NOS2/c1-13(15-7-8-15)18(21-17-4-3-11-20-17)12-14-5-9-16(19-2)10-6-14/h3-6,9-11,13,15H,7-8,12H2,1-2H3. The Morgan fingerprint density at radius 2 is 2.05 bits per heavy atom. The van der Waals surface area contributed by atoms with E-state index in [1.807, 2.05) is 35.4 Å². The Morgan fingerprint density at radius 3 is 2.62 bits per heavy atom. The molecular formula is C17H21NOS2. The van der Waals surface area contributed by atoms with Crippen LogP contribution >= 0.6 is 23.3 Å². The van der Waals surface area contributed by atoms with E-state index in [1.54, 1.807) is 7.11 Å². The Balaban J connectivity index is 1.70. The van der Waals surface area contributed by atoms with Crippen molar-refractivity contribution in [3.8, 4) is 5.75 Å². The molecule has 1 heterocycles. The van der Waals surface area contributed by atoms with Crippen LogP contribution < -0.4 is 4.74 Å². The molecule has 1 aliphatic rings. The summed E-state index contributed by atoms with van der Waals surface area (Å²) in [6, 6.07) is 13.4. The summed E-state index contributed by atoms with van der Waals surface area (Å²) in [6.07, 6.45) is 2.76. The number of hydrogen-bond donors (Lipinski definition) is 0. The topological polar surface area (TPSA) is 12.5 Å². The molecule has 0 amide bonds. The van der Waals surface area contributed by atoms with Crippen molar-refractivity contribution < 1.29 is 4.74 Å². The quantitative estimate of drug-likeness (QED) is 0.662. The van der Waals surface area contributed by atoms with Crippen molar-refractivity contribution in [2.75, 3.05) is 7.11 Å². The largest absolute Gasteiger partial charge is 0.497 e. The number of benzene rings is 1. The lowest BCUT2D eigenvalue weighted by Crippen LogP contribution is -2.27. The second kappa shape index (κ2) is 6.86. The van der Waals surface area contributed by atoms with Crippen LogP contribution in [0, 0.1) is 5.92 Å². The summed E-state index contributed by atoms with van der Waals surface area (Å²) in [5.41, 5.74) is 1.34. The average Bonchev–Trinajstić information content (AvgIpc) is 3.24. The molecule has 0 radical (unpaired) electrons. The van der Waals surface area contributed by atoms with Gasteiger partial charge in [0.25, 0.3) is 0 Å². The molecule has 3 rings (SSSR count). The lowest BCUT2D eigenvalue weighted by molar-refractivity contribution is 0.334. The Kier molecular flexibility index (Phi) is 4.88. The van der Waals surface area contributed by atoms with Crippen LogP contribution in [0.3, 0.4) is 0 Å². The van der Waals surface area contributed by atoms with Crippen molar-refractivity contribution >= 4 is 23.3 Å². The van der Waals surface area contributed by atoms with Gasteiger partial charge in [-0.05, 0) is 66.8 Å². The summed E-state index contributed by atoms with van der Waals surface area (Å²) < 4.78 is 9.14. The number of ether oxygens (including phenoxy) is 1. The van der Waals surface area contributed by atoms with Crippen LogP contribution in [0.25, 0.3) is 0 Å². The fraction of sp³-hybridized carbons (Fsp3) is 0.412. The van der Waals surface area contributed by atoms with E-state index in [1.165, 1.54) is 22.6 Å². The number of nitrogens with zero attached hydrogens (tertiary/aromatic N) is 1. The molecule has 1 aliphatic carbocycles. The van der Waals surface area contributed by atoms with Gasteiger partial charge in [-0.15, -0.1) is 11.3 Å². The van der Waals surface area contributed by atoms with Gasteiger partial charge in [0.15, 0.2) is 0 Å². The summed E-state index contributed by atoms with van der Waals surface area (Å²) >= 11 is 3.72. The number of thiophene rings is 1. The second-order valence-corrected chi connectivity index (χ2v) is 7.82. The highest BCUT2D eigenvalue weighted by molar-refractivity contribution is 7.98. The van der Waals surface area contributed by atoms with E-state index in [-0.39, 0.29) is 0 Å². The van der Waals surface area contributed by atoms with E-state index >= 15 is 0 Å². The first kappa shape index (κ1) is 14.9. The lowest BCUT2D eigenvalue weighted by Gasteiger charge is -2.27. The summed E-state index contributed by atoms with van der Waals surface area (Å²) in [4.78, 5) is 0. The van der Waals surface area contributed by atoms with E-state index in [0.717, 1.165) is 18.2 Å². The van der Waals surface area contributed by atoms with Gasteiger partial charge < -0.3 is 4.74 Å². The molecule has 1 aromatic carbocycles. The van der Waals surface area contributed by atoms with Gasteiger partial charge in [-0.3, -0.25) is 0 Å². The van der Waals surface area contributed by atoms with Crippen LogP contribution in [0.15, 0.2) is 46.0 Å². The Hall–Kier alpha value is -0.970. The lowest BCUT2D eigenvalue weighted by atomic mass is 10.1. The maximum absolute atomic E-state index is 5.24. The molecular weight excluding hydrogens is 298 g/mol. The van der Waals surface area contributed by atoms with E-state index in [0.29, 0.717) is 6.04 Å².